The van der Waals surface area contributed by atoms with Crippen molar-refractivity contribution in [2.75, 3.05) is 33.2 Å². The Kier molecular flexibility index (Phi) is 13.8. The number of rotatable bonds is 16. The SMILES string of the molecule is CC(C)C[C@H](NC(=O)[C@H](CCc1ccccc1)NC(=O)CC(C)N1CCN(C)CC1)C(=O)N[C@@H](Cc1ccccc1)C(=O)O. The molecule has 240 valence electrons. The molecule has 1 aliphatic rings. The molecule has 4 N–H and O–H groups in total. The second-order valence-corrected chi connectivity index (χ2v) is 12.3. The van der Waals surface area contributed by atoms with Crippen LogP contribution in [-0.2, 0) is 32.0 Å². The fourth-order valence-electron chi connectivity index (χ4n) is 5.44. The maximum atomic E-state index is 13.7. The minimum Gasteiger partial charge on any atom is -0.480 e. The zero-order chi connectivity index (χ0) is 32.1. The topological polar surface area (TPSA) is 131 Å². The van der Waals surface area contributed by atoms with Crippen molar-refractivity contribution in [3.63, 3.8) is 0 Å². The average Bonchev–Trinajstić information content (AvgIpc) is 2.99. The van der Waals surface area contributed by atoms with Crippen LogP contribution in [0.4, 0.5) is 0 Å². The summed E-state index contributed by atoms with van der Waals surface area (Å²) in [6.45, 7) is 9.55. The number of likely N-dealkylation sites (N-methyl/N-ethyl adjacent to an activating group) is 1. The summed E-state index contributed by atoms with van der Waals surface area (Å²) >= 11 is 0. The van der Waals surface area contributed by atoms with Crippen LogP contribution in [0.15, 0.2) is 60.7 Å². The Bertz CT molecular complexity index is 1200. The summed E-state index contributed by atoms with van der Waals surface area (Å²) in [5, 5.41) is 18.2. The Balaban J connectivity index is 1.70. The largest absolute Gasteiger partial charge is 0.480 e. The number of piperazine rings is 1. The van der Waals surface area contributed by atoms with Crippen molar-refractivity contribution in [1.29, 1.82) is 0 Å². The van der Waals surface area contributed by atoms with E-state index in [0.717, 1.165) is 37.3 Å². The highest BCUT2D eigenvalue weighted by atomic mass is 16.4. The van der Waals surface area contributed by atoms with E-state index in [1.165, 1.54) is 0 Å². The van der Waals surface area contributed by atoms with Gasteiger partial charge >= 0.3 is 5.97 Å². The van der Waals surface area contributed by atoms with Gasteiger partial charge in [0.25, 0.3) is 0 Å². The van der Waals surface area contributed by atoms with Gasteiger partial charge in [0.05, 0.1) is 0 Å². The van der Waals surface area contributed by atoms with E-state index >= 15 is 0 Å². The second-order valence-electron chi connectivity index (χ2n) is 12.3. The maximum absolute atomic E-state index is 13.7. The average molecular weight is 608 g/mol. The molecule has 44 heavy (non-hydrogen) atoms. The lowest BCUT2D eigenvalue weighted by Crippen LogP contribution is -2.56. The van der Waals surface area contributed by atoms with E-state index in [-0.39, 0.29) is 30.7 Å². The lowest BCUT2D eigenvalue weighted by atomic mass is 10.00. The van der Waals surface area contributed by atoms with Crippen molar-refractivity contribution < 1.29 is 24.3 Å². The molecule has 3 amide bonds. The standard InChI is InChI=1S/C34H49N5O5/c1-24(2)21-29(33(42)37-30(34(43)44)23-27-13-9-6-10-14-27)36-32(41)28(16-15-26-11-7-5-8-12-26)35-31(40)22-25(3)39-19-17-38(4)18-20-39/h5-14,24-25,28-30H,15-23H2,1-4H3,(H,35,40)(H,36,41)(H,37,42)(H,43,44)/t25?,28-,29-,30-/m0/s1. The molecule has 2 aromatic rings. The highest BCUT2D eigenvalue weighted by molar-refractivity contribution is 5.93. The van der Waals surface area contributed by atoms with Crippen molar-refractivity contribution in [2.24, 2.45) is 5.92 Å². The number of carboxylic acid groups (broad SMARTS) is 1. The van der Waals surface area contributed by atoms with Gasteiger partial charge in [-0.15, -0.1) is 0 Å². The predicted octanol–water partition coefficient (Wildman–Crippen LogP) is 2.47. The number of benzene rings is 2. The van der Waals surface area contributed by atoms with E-state index in [0.29, 0.717) is 19.3 Å². The molecule has 1 heterocycles. The van der Waals surface area contributed by atoms with Crippen LogP contribution in [0.5, 0.6) is 0 Å². The Morgan fingerprint density at radius 3 is 1.86 bits per heavy atom. The van der Waals surface area contributed by atoms with E-state index < -0.39 is 35.9 Å². The number of aliphatic carboxylic acids is 1. The Morgan fingerprint density at radius 2 is 1.30 bits per heavy atom. The van der Waals surface area contributed by atoms with Gasteiger partial charge in [-0.05, 0) is 50.3 Å². The van der Waals surface area contributed by atoms with E-state index in [4.69, 9.17) is 0 Å². The van der Waals surface area contributed by atoms with Crippen molar-refractivity contribution in [1.82, 2.24) is 25.8 Å². The normalized spacial score (nSPS) is 16.8. The number of hydrogen-bond acceptors (Lipinski definition) is 6. The van der Waals surface area contributed by atoms with Crippen LogP contribution >= 0.6 is 0 Å². The molecule has 0 spiro atoms. The summed E-state index contributed by atoms with van der Waals surface area (Å²) in [7, 11) is 2.09. The molecule has 1 aliphatic heterocycles. The van der Waals surface area contributed by atoms with E-state index in [1.54, 1.807) is 12.1 Å². The van der Waals surface area contributed by atoms with Gasteiger partial charge < -0.3 is 26.0 Å². The molecule has 3 rings (SSSR count). The summed E-state index contributed by atoms with van der Waals surface area (Å²) in [6, 6.07) is 15.9. The molecule has 2 aromatic carbocycles. The van der Waals surface area contributed by atoms with Crippen LogP contribution in [0.2, 0.25) is 0 Å². The van der Waals surface area contributed by atoms with Gasteiger partial charge in [0.1, 0.15) is 18.1 Å². The molecule has 0 bridgehead atoms. The molecular weight excluding hydrogens is 558 g/mol. The fraction of sp³-hybridized carbons (Fsp3) is 0.529. The van der Waals surface area contributed by atoms with E-state index in [2.05, 4.69) is 32.8 Å². The second kappa shape index (κ2) is 17.5. The quantitative estimate of drug-likeness (QED) is 0.231. The zero-order valence-corrected chi connectivity index (χ0v) is 26.5. The van der Waals surface area contributed by atoms with Gasteiger partial charge in [-0.1, -0.05) is 74.5 Å². The van der Waals surface area contributed by atoms with Crippen LogP contribution in [0.3, 0.4) is 0 Å². The number of nitrogens with one attached hydrogen (secondary N) is 3. The first-order chi connectivity index (χ1) is 21.0. The van der Waals surface area contributed by atoms with E-state index in [9.17, 15) is 24.3 Å². The maximum Gasteiger partial charge on any atom is 0.326 e. The van der Waals surface area contributed by atoms with Crippen LogP contribution < -0.4 is 16.0 Å². The summed E-state index contributed by atoms with van der Waals surface area (Å²) in [6.07, 6.45) is 1.60. The van der Waals surface area contributed by atoms with Crippen molar-refractivity contribution in [3.8, 4) is 0 Å². The van der Waals surface area contributed by atoms with Gasteiger partial charge in [0.2, 0.25) is 17.7 Å². The highest BCUT2D eigenvalue weighted by Crippen LogP contribution is 2.12. The Labute approximate surface area is 261 Å². The summed E-state index contributed by atoms with van der Waals surface area (Å²) in [5.74, 6) is -2.35. The van der Waals surface area contributed by atoms with Gasteiger partial charge in [-0.3, -0.25) is 19.3 Å². The summed E-state index contributed by atoms with van der Waals surface area (Å²) in [5.41, 5.74) is 1.81. The first-order valence-electron chi connectivity index (χ1n) is 15.6. The first-order valence-corrected chi connectivity index (χ1v) is 15.6. The summed E-state index contributed by atoms with van der Waals surface area (Å²) in [4.78, 5) is 56.9. The van der Waals surface area contributed by atoms with Gasteiger partial charge in [0.15, 0.2) is 0 Å². The van der Waals surface area contributed by atoms with E-state index in [1.807, 2.05) is 69.3 Å². The molecule has 1 fully saturated rings. The lowest BCUT2D eigenvalue weighted by molar-refractivity contribution is -0.142. The van der Waals surface area contributed by atoms with Crippen LogP contribution in [0.1, 0.15) is 51.2 Å². The number of hydrogen-bond donors (Lipinski definition) is 4. The van der Waals surface area contributed by atoms with Gasteiger partial charge in [-0.25, -0.2) is 4.79 Å². The molecule has 0 aromatic heterocycles. The number of nitrogens with zero attached hydrogens (tertiary/aromatic N) is 2. The third-order valence-electron chi connectivity index (χ3n) is 8.10. The number of aryl methyl sites for hydroxylation is 1. The molecule has 0 radical (unpaired) electrons. The Morgan fingerprint density at radius 1 is 0.750 bits per heavy atom. The number of carbonyl (C=O) groups is 4. The molecule has 1 saturated heterocycles. The van der Waals surface area contributed by atoms with Crippen LogP contribution in [0.25, 0.3) is 0 Å². The van der Waals surface area contributed by atoms with Crippen LogP contribution in [0, 0.1) is 5.92 Å². The first kappa shape index (κ1) is 34.7. The van der Waals surface area contributed by atoms with Gasteiger partial charge in [-0.2, -0.15) is 0 Å². The third-order valence-corrected chi connectivity index (χ3v) is 8.10. The highest BCUT2D eigenvalue weighted by Gasteiger charge is 2.31. The molecule has 4 atom stereocenters. The zero-order valence-electron chi connectivity index (χ0n) is 26.5. The molecule has 10 heteroatoms. The lowest BCUT2D eigenvalue weighted by Gasteiger charge is -2.36. The molecule has 0 saturated carbocycles. The number of carbonyl (C=O) groups excluding carboxylic acids is 3. The molecular formula is C34H49N5O5. The molecule has 0 aliphatic carbocycles. The minimum atomic E-state index is -1.15. The van der Waals surface area contributed by atoms with Crippen molar-refractivity contribution >= 4 is 23.7 Å². The molecule has 1 unspecified atom stereocenters. The molecule has 10 nitrogen and oxygen atoms in total. The van der Waals surface area contributed by atoms with Crippen LogP contribution in [-0.4, -0.2) is 96.0 Å². The van der Waals surface area contributed by atoms with Crippen molar-refractivity contribution in [2.45, 2.75) is 77.0 Å². The van der Waals surface area contributed by atoms with Gasteiger partial charge in [0, 0.05) is 45.1 Å². The predicted molar refractivity (Wildman–Crippen MR) is 171 cm³/mol. The minimum absolute atomic E-state index is 0.0265. The third kappa shape index (κ3) is 11.7. The van der Waals surface area contributed by atoms with Crippen molar-refractivity contribution in [3.05, 3.63) is 71.8 Å². The summed E-state index contributed by atoms with van der Waals surface area (Å²) < 4.78 is 0. The fourth-order valence-corrected chi connectivity index (χ4v) is 5.44. The number of amides is 3. The Hall–Kier alpha value is -3.76. The monoisotopic (exact) mass is 607 g/mol. The smallest absolute Gasteiger partial charge is 0.326 e. The number of carboxylic acids is 1.